The molecule has 1 unspecified atom stereocenters. The number of benzene rings is 3. The van der Waals surface area contributed by atoms with Gasteiger partial charge in [-0.25, -0.2) is 8.42 Å². The number of sulfonamides is 1. The van der Waals surface area contributed by atoms with Crippen molar-refractivity contribution in [2.24, 2.45) is 0 Å². The highest BCUT2D eigenvalue weighted by Gasteiger charge is 2.28. The third-order valence-electron chi connectivity index (χ3n) is 6.12. The molecule has 0 fully saturated rings. The van der Waals surface area contributed by atoms with Gasteiger partial charge in [-0.3, -0.25) is 9.59 Å². The van der Waals surface area contributed by atoms with Gasteiger partial charge < -0.3 is 10.2 Å². The summed E-state index contributed by atoms with van der Waals surface area (Å²) in [7, 11) is -3.99. The molecule has 1 aliphatic rings. The molecule has 1 atom stereocenters. The molecule has 0 saturated heterocycles. The van der Waals surface area contributed by atoms with Crippen LogP contribution in [0.3, 0.4) is 0 Å². The summed E-state index contributed by atoms with van der Waals surface area (Å²) in [5.41, 5.74) is 4.42. The fraction of sp³-hybridized carbons (Fsp3) is 0.259. The number of nitrogens with zero attached hydrogens (tertiary/aromatic N) is 1. The molecule has 1 aliphatic heterocycles. The fourth-order valence-corrected chi connectivity index (χ4v) is 5.43. The molecular formula is C27H29N3O4S. The van der Waals surface area contributed by atoms with Crippen LogP contribution in [0.1, 0.15) is 29.2 Å². The van der Waals surface area contributed by atoms with Gasteiger partial charge in [-0.05, 0) is 54.7 Å². The van der Waals surface area contributed by atoms with E-state index in [0.29, 0.717) is 19.5 Å². The lowest BCUT2D eigenvalue weighted by Crippen LogP contribution is -2.47. The Bertz CT molecular complexity index is 1320. The maximum atomic E-state index is 13.3. The van der Waals surface area contributed by atoms with Gasteiger partial charge in [0.25, 0.3) is 0 Å². The zero-order chi connectivity index (χ0) is 25.0. The van der Waals surface area contributed by atoms with Gasteiger partial charge in [0, 0.05) is 25.7 Å². The van der Waals surface area contributed by atoms with Crippen LogP contribution in [0.15, 0.2) is 77.7 Å². The Balaban J connectivity index is 1.54. The standard InChI is InChI=1S/C27H29N3O4S/c1-19-8-10-22(11-9-19)18-28-27(32)25(16-21-6-4-3-5-7-21)29-35(33,34)24-12-13-26-23(17-24)14-15-30(26)20(2)31/h3-13,17,25,29H,14-16,18H2,1-2H3,(H,28,32). The smallest absolute Gasteiger partial charge is 0.241 e. The summed E-state index contributed by atoms with van der Waals surface area (Å²) in [6, 6.07) is 20.8. The number of carbonyl (C=O) groups excluding carboxylic acids is 2. The van der Waals surface area contributed by atoms with E-state index in [1.807, 2.05) is 61.5 Å². The molecule has 3 aromatic carbocycles. The van der Waals surface area contributed by atoms with Crippen LogP contribution < -0.4 is 14.9 Å². The summed E-state index contributed by atoms with van der Waals surface area (Å²) >= 11 is 0. The predicted octanol–water partition coefficient (Wildman–Crippen LogP) is 3.11. The van der Waals surface area contributed by atoms with Crippen molar-refractivity contribution in [1.82, 2.24) is 10.0 Å². The van der Waals surface area contributed by atoms with Crippen LogP contribution in [0.4, 0.5) is 5.69 Å². The monoisotopic (exact) mass is 491 g/mol. The lowest BCUT2D eigenvalue weighted by Gasteiger charge is -2.20. The van der Waals surface area contributed by atoms with Crippen molar-refractivity contribution in [3.05, 3.63) is 95.1 Å². The van der Waals surface area contributed by atoms with Gasteiger partial charge in [-0.15, -0.1) is 0 Å². The molecule has 4 rings (SSSR count). The Morgan fingerprint density at radius 1 is 0.971 bits per heavy atom. The van der Waals surface area contributed by atoms with Crippen molar-refractivity contribution in [2.45, 2.75) is 44.2 Å². The molecule has 2 N–H and O–H groups in total. The lowest BCUT2D eigenvalue weighted by molar-refractivity contribution is -0.123. The van der Waals surface area contributed by atoms with E-state index in [1.54, 1.807) is 17.0 Å². The Morgan fingerprint density at radius 2 is 1.69 bits per heavy atom. The van der Waals surface area contributed by atoms with Crippen molar-refractivity contribution in [1.29, 1.82) is 0 Å². The molecular weight excluding hydrogens is 462 g/mol. The van der Waals surface area contributed by atoms with E-state index in [0.717, 1.165) is 27.9 Å². The normalized spacial score (nSPS) is 13.8. The summed E-state index contributed by atoms with van der Waals surface area (Å²) in [5, 5.41) is 2.86. The summed E-state index contributed by atoms with van der Waals surface area (Å²) in [6.45, 7) is 4.31. The summed E-state index contributed by atoms with van der Waals surface area (Å²) in [4.78, 5) is 26.6. The molecule has 0 aromatic heterocycles. The predicted molar refractivity (Wildman–Crippen MR) is 135 cm³/mol. The first kappa shape index (κ1) is 24.6. The number of hydrogen-bond donors (Lipinski definition) is 2. The van der Waals surface area contributed by atoms with E-state index in [2.05, 4.69) is 10.0 Å². The van der Waals surface area contributed by atoms with Crippen molar-refractivity contribution in [2.75, 3.05) is 11.4 Å². The number of amides is 2. The highest BCUT2D eigenvalue weighted by molar-refractivity contribution is 7.89. The molecule has 0 aliphatic carbocycles. The summed E-state index contributed by atoms with van der Waals surface area (Å²) in [5.74, 6) is -0.479. The average molecular weight is 492 g/mol. The summed E-state index contributed by atoms with van der Waals surface area (Å²) in [6.07, 6.45) is 0.797. The highest BCUT2D eigenvalue weighted by atomic mass is 32.2. The van der Waals surface area contributed by atoms with Crippen LogP contribution in [0, 0.1) is 6.92 Å². The van der Waals surface area contributed by atoms with Crippen LogP contribution in [0.25, 0.3) is 0 Å². The molecule has 7 nitrogen and oxygen atoms in total. The first-order chi connectivity index (χ1) is 16.7. The van der Waals surface area contributed by atoms with Crippen LogP contribution in [-0.4, -0.2) is 32.8 Å². The van der Waals surface area contributed by atoms with Crippen molar-refractivity contribution >= 4 is 27.5 Å². The van der Waals surface area contributed by atoms with Gasteiger partial charge >= 0.3 is 0 Å². The topological polar surface area (TPSA) is 95.6 Å². The van der Waals surface area contributed by atoms with Crippen molar-refractivity contribution in [3.63, 3.8) is 0 Å². The van der Waals surface area contributed by atoms with Crippen LogP contribution in [0.2, 0.25) is 0 Å². The third kappa shape index (κ3) is 5.96. The second kappa shape index (κ2) is 10.4. The number of anilines is 1. The zero-order valence-corrected chi connectivity index (χ0v) is 20.6. The number of fused-ring (bicyclic) bond motifs is 1. The maximum Gasteiger partial charge on any atom is 0.241 e. The molecule has 182 valence electrons. The second-order valence-corrected chi connectivity index (χ2v) is 10.5. The second-order valence-electron chi connectivity index (χ2n) is 8.78. The van der Waals surface area contributed by atoms with Gasteiger partial charge in [-0.1, -0.05) is 60.2 Å². The van der Waals surface area contributed by atoms with Gasteiger partial charge in [0.05, 0.1) is 4.90 Å². The minimum Gasteiger partial charge on any atom is -0.351 e. The van der Waals surface area contributed by atoms with Crippen LogP contribution in [0.5, 0.6) is 0 Å². The highest BCUT2D eigenvalue weighted by Crippen LogP contribution is 2.30. The molecule has 3 aromatic rings. The molecule has 0 saturated carbocycles. The van der Waals surface area contributed by atoms with E-state index in [9.17, 15) is 18.0 Å². The number of nitrogens with one attached hydrogen (secondary N) is 2. The third-order valence-corrected chi connectivity index (χ3v) is 7.59. The van der Waals surface area contributed by atoms with E-state index in [4.69, 9.17) is 0 Å². The van der Waals surface area contributed by atoms with Crippen molar-refractivity contribution < 1.29 is 18.0 Å². The Labute approximate surface area is 206 Å². The molecule has 0 bridgehead atoms. The maximum absolute atomic E-state index is 13.3. The number of rotatable bonds is 8. The van der Waals surface area contributed by atoms with E-state index >= 15 is 0 Å². The average Bonchev–Trinajstić information content (AvgIpc) is 3.27. The molecule has 8 heteroatoms. The zero-order valence-electron chi connectivity index (χ0n) is 19.8. The Hall–Kier alpha value is -3.49. The summed E-state index contributed by atoms with van der Waals surface area (Å²) < 4.78 is 29.2. The minimum atomic E-state index is -3.99. The quantitative estimate of drug-likeness (QED) is 0.506. The van der Waals surface area contributed by atoms with E-state index < -0.39 is 22.0 Å². The Morgan fingerprint density at radius 3 is 2.37 bits per heavy atom. The molecule has 1 heterocycles. The number of carbonyl (C=O) groups is 2. The van der Waals surface area contributed by atoms with Crippen LogP contribution >= 0.6 is 0 Å². The Kier molecular flexibility index (Phi) is 7.33. The number of aryl methyl sites for hydroxylation is 1. The SMILES string of the molecule is CC(=O)N1CCc2cc(S(=O)(=O)NC(Cc3ccccc3)C(=O)NCc3ccc(C)cc3)ccc21. The van der Waals surface area contributed by atoms with Crippen LogP contribution in [-0.2, 0) is 39.0 Å². The van der Waals surface area contributed by atoms with Gasteiger partial charge in [-0.2, -0.15) is 4.72 Å². The van der Waals surface area contributed by atoms with Gasteiger partial charge in [0.2, 0.25) is 21.8 Å². The fourth-order valence-electron chi connectivity index (χ4n) is 4.18. The first-order valence-electron chi connectivity index (χ1n) is 11.5. The molecule has 35 heavy (non-hydrogen) atoms. The van der Waals surface area contributed by atoms with Gasteiger partial charge in [0.15, 0.2) is 0 Å². The molecule has 0 radical (unpaired) electrons. The van der Waals surface area contributed by atoms with E-state index in [-0.39, 0.29) is 17.2 Å². The minimum absolute atomic E-state index is 0.0750. The van der Waals surface area contributed by atoms with E-state index in [1.165, 1.54) is 13.0 Å². The van der Waals surface area contributed by atoms with Crippen molar-refractivity contribution in [3.8, 4) is 0 Å². The first-order valence-corrected chi connectivity index (χ1v) is 13.0. The largest absolute Gasteiger partial charge is 0.351 e. The molecule has 0 spiro atoms. The molecule has 2 amide bonds. The van der Waals surface area contributed by atoms with Gasteiger partial charge in [0.1, 0.15) is 6.04 Å². The lowest BCUT2D eigenvalue weighted by atomic mass is 10.1. The number of hydrogen-bond acceptors (Lipinski definition) is 4.